The first-order valence-corrected chi connectivity index (χ1v) is 6.43. The zero-order valence-corrected chi connectivity index (χ0v) is 11.6. The van der Waals surface area contributed by atoms with Crippen LogP contribution in [0, 0.1) is 19.7 Å². The van der Waals surface area contributed by atoms with Crippen molar-refractivity contribution in [3.05, 3.63) is 59.6 Å². The van der Waals surface area contributed by atoms with Gasteiger partial charge in [-0.25, -0.2) is 9.37 Å². The number of carbonyl (C=O) groups excluding carboxylic acids is 1. The number of hydrogen-bond acceptors (Lipinski definition) is 3. The van der Waals surface area contributed by atoms with E-state index >= 15 is 0 Å². The Morgan fingerprint density at radius 2 is 2.10 bits per heavy atom. The fourth-order valence-corrected chi connectivity index (χ4v) is 2.22. The topological polar surface area (TPSA) is 59.3 Å². The van der Waals surface area contributed by atoms with Crippen LogP contribution in [-0.2, 0) is 0 Å². The Morgan fingerprint density at radius 1 is 1.29 bits per heavy atom. The summed E-state index contributed by atoms with van der Waals surface area (Å²) in [5.41, 5.74) is 2.83. The summed E-state index contributed by atoms with van der Waals surface area (Å²) in [5.74, 6) is -0.759. The second-order valence-electron chi connectivity index (χ2n) is 4.76. The maximum atomic E-state index is 13.4. The maximum absolute atomic E-state index is 13.4. The average Bonchev–Trinajstić information content (AvgIpc) is 2.74. The van der Waals surface area contributed by atoms with Crippen LogP contribution in [0.1, 0.15) is 21.9 Å². The number of rotatable bonds is 2. The molecule has 1 amide bonds. The van der Waals surface area contributed by atoms with Crippen molar-refractivity contribution in [2.75, 3.05) is 5.32 Å². The minimum Gasteiger partial charge on any atom is -0.321 e. The highest BCUT2D eigenvalue weighted by molar-refractivity contribution is 6.04. The van der Waals surface area contributed by atoms with Gasteiger partial charge in [-0.15, -0.1) is 0 Å². The molecule has 0 aliphatic carbocycles. The van der Waals surface area contributed by atoms with Crippen molar-refractivity contribution >= 4 is 17.2 Å². The molecule has 0 radical (unpaired) electrons. The fourth-order valence-electron chi connectivity index (χ4n) is 2.22. The van der Waals surface area contributed by atoms with Gasteiger partial charge in [-0.05, 0) is 38.1 Å². The molecule has 3 aromatic rings. The fraction of sp³-hybridized carbons (Fsp3) is 0.133. The van der Waals surface area contributed by atoms with Gasteiger partial charge in [0.1, 0.15) is 17.2 Å². The number of hydrogen-bond donors (Lipinski definition) is 1. The normalized spacial score (nSPS) is 10.8. The molecule has 0 spiro atoms. The molecule has 0 saturated carbocycles. The molecule has 1 N–H and O–H groups in total. The van der Waals surface area contributed by atoms with E-state index in [9.17, 15) is 9.18 Å². The van der Waals surface area contributed by atoms with Gasteiger partial charge in [-0.1, -0.05) is 0 Å². The van der Waals surface area contributed by atoms with Crippen LogP contribution in [-0.4, -0.2) is 20.3 Å². The van der Waals surface area contributed by atoms with Crippen LogP contribution in [0.15, 0.2) is 36.7 Å². The summed E-state index contributed by atoms with van der Waals surface area (Å²) in [7, 11) is 0. The van der Waals surface area contributed by atoms with E-state index in [0.717, 1.165) is 5.69 Å². The Balaban J connectivity index is 2.01. The van der Waals surface area contributed by atoms with Crippen LogP contribution in [0.4, 0.5) is 10.1 Å². The Labute approximate surface area is 120 Å². The van der Waals surface area contributed by atoms with Crippen LogP contribution < -0.4 is 5.32 Å². The highest BCUT2D eigenvalue weighted by Gasteiger charge is 2.17. The number of aromatic nitrogens is 3. The Hall–Kier alpha value is -2.76. The number of imidazole rings is 1. The van der Waals surface area contributed by atoms with Crippen molar-refractivity contribution in [3.63, 3.8) is 0 Å². The van der Waals surface area contributed by atoms with Gasteiger partial charge in [0.2, 0.25) is 0 Å². The van der Waals surface area contributed by atoms with Crippen molar-refractivity contribution in [2.24, 2.45) is 0 Å². The zero-order chi connectivity index (χ0) is 15.0. The number of carbonyl (C=O) groups is 1. The lowest BCUT2D eigenvalue weighted by Crippen LogP contribution is -2.15. The molecule has 0 bridgehead atoms. The largest absolute Gasteiger partial charge is 0.321 e. The molecule has 0 aromatic carbocycles. The lowest BCUT2D eigenvalue weighted by molar-refractivity contribution is 0.102. The summed E-state index contributed by atoms with van der Waals surface area (Å²) in [6, 6.07) is 6.31. The van der Waals surface area contributed by atoms with Crippen LogP contribution in [0.3, 0.4) is 0 Å². The SMILES string of the molecule is Cc1cc(NC(=O)c2c(C)nc3ccc(F)cn23)ccn1. The second-order valence-corrected chi connectivity index (χ2v) is 4.76. The molecule has 0 saturated heterocycles. The van der Waals surface area contributed by atoms with E-state index in [4.69, 9.17) is 0 Å². The molecule has 0 aliphatic rings. The van der Waals surface area contributed by atoms with E-state index < -0.39 is 5.82 Å². The Morgan fingerprint density at radius 3 is 2.86 bits per heavy atom. The van der Waals surface area contributed by atoms with E-state index in [1.54, 1.807) is 25.3 Å². The van der Waals surface area contributed by atoms with E-state index in [-0.39, 0.29) is 5.91 Å². The molecule has 21 heavy (non-hydrogen) atoms. The van der Waals surface area contributed by atoms with E-state index in [0.29, 0.717) is 22.7 Å². The lowest BCUT2D eigenvalue weighted by atomic mass is 10.3. The van der Waals surface area contributed by atoms with Gasteiger partial charge in [-0.2, -0.15) is 0 Å². The van der Waals surface area contributed by atoms with Gasteiger partial charge in [0, 0.05) is 23.8 Å². The van der Waals surface area contributed by atoms with Gasteiger partial charge >= 0.3 is 0 Å². The molecule has 3 aromatic heterocycles. The van der Waals surface area contributed by atoms with Crippen molar-refractivity contribution < 1.29 is 9.18 Å². The summed E-state index contributed by atoms with van der Waals surface area (Å²) >= 11 is 0. The van der Waals surface area contributed by atoms with Crippen molar-refractivity contribution in [1.29, 1.82) is 0 Å². The molecule has 6 heteroatoms. The van der Waals surface area contributed by atoms with E-state index in [1.807, 2.05) is 6.92 Å². The van der Waals surface area contributed by atoms with Crippen LogP contribution in [0.5, 0.6) is 0 Å². The van der Waals surface area contributed by atoms with Crippen LogP contribution >= 0.6 is 0 Å². The van der Waals surface area contributed by atoms with Gasteiger partial charge < -0.3 is 5.32 Å². The lowest BCUT2D eigenvalue weighted by Gasteiger charge is -2.06. The number of amides is 1. The predicted octanol–water partition coefficient (Wildman–Crippen LogP) is 2.74. The van der Waals surface area contributed by atoms with Gasteiger partial charge in [0.05, 0.1) is 5.69 Å². The average molecular weight is 284 g/mol. The molecule has 106 valence electrons. The number of fused-ring (bicyclic) bond motifs is 1. The Kier molecular flexibility index (Phi) is 3.13. The number of halogens is 1. The number of anilines is 1. The third-order valence-electron chi connectivity index (χ3n) is 3.13. The highest BCUT2D eigenvalue weighted by Crippen LogP contribution is 2.16. The van der Waals surface area contributed by atoms with Crippen LogP contribution in [0.2, 0.25) is 0 Å². The zero-order valence-electron chi connectivity index (χ0n) is 11.6. The number of aryl methyl sites for hydroxylation is 2. The van der Waals surface area contributed by atoms with Gasteiger partial charge in [0.15, 0.2) is 0 Å². The quantitative estimate of drug-likeness (QED) is 0.787. The molecule has 3 rings (SSSR count). The third-order valence-corrected chi connectivity index (χ3v) is 3.13. The molecule has 0 aliphatic heterocycles. The first-order valence-electron chi connectivity index (χ1n) is 6.43. The summed E-state index contributed by atoms with van der Waals surface area (Å²) < 4.78 is 14.8. The van der Waals surface area contributed by atoms with Gasteiger partial charge in [-0.3, -0.25) is 14.2 Å². The molecule has 5 nitrogen and oxygen atoms in total. The maximum Gasteiger partial charge on any atom is 0.274 e. The van der Waals surface area contributed by atoms with Gasteiger partial charge in [0.25, 0.3) is 5.91 Å². The molecule has 0 atom stereocenters. The summed E-state index contributed by atoms with van der Waals surface area (Å²) in [6.07, 6.45) is 2.87. The standard InChI is InChI=1S/C15H13FN4O/c1-9-7-12(5-6-17-9)19-15(21)14-10(2)18-13-4-3-11(16)8-20(13)14/h3-8H,1-2H3,(H,17,19,21). The number of pyridine rings is 2. The number of nitrogens with one attached hydrogen (secondary N) is 1. The van der Waals surface area contributed by atoms with E-state index in [2.05, 4.69) is 15.3 Å². The van der Waals surface area contributed by atoms with Crippen molar-refractivity contribution in [3.8, 4) is 0 Å². The monoisotopic (exact) mass is 284 g/mol. The predicted molar refractivity (Wildman–Crippen MR) is 76.8 cm³/mol. The number of nitrogens with zero attached hydrogens (tertiary/aromatic N) is 3. The minimum absolute atomic E-state index is 0.318. The summed E-state index contributed by atoms with van der Waals surface area (Å²) in [5, 5.41) is 2.78. The highest BCUT2D eigenvalue weighted by atomic mass is 19.1. The Bertz CT molecular complexity index is 841. The third kappa shape index (κ3) is 2.47. The van der Waals surface area contributed by atoms with E-state index in [1.165, 1.54) is 22.7 Å². The first-order chi connectivity index (χ1) is 10.0. The van der Waals surface area contributed by atoms with Crippen molar-refractivity contribution in [1.82, 2.24) is 14.4 Å². The molecule has 0 fully saturated rings. The molecular weight excluding hydrogens is 271 g/mol. The first kappa shape index (κ1) is 13.2. The minimum atomic E-state index is -0.422. The second kappa shape index (κ2) is 4.97. The van der Waals surface area contributed by atoms with Crippen LogP contribution in [0.25, 0.3) is 5.65 Å². The van der Waals surface area contributed by atoms with Crippen molar-refractivity contribution in [2.45, 2.75) is 13.8 Å². The smallest absolute Gasteiger partial charge is 0.274 e. The summed E-state index contributed by atoms with van der Waals surface area (Å²) in [6.45, 7) is 3.56. The molecular formula is C15H13FN4O. The summed E-state index contributed by atoms with van der Waals surface area (Å²) in [4.78, 5) is 20.7. The molecule has 3 heterocycles. The molecule has 0 unspecified atom stereocenters.